The Morgan fingerprint density at radius 3 is 2.59 bits per heavy atom. The van der Waals surface area contributed by atoms with Gasteiger partial charge in [0, 0.05) is 22.3 Å². The third kappa shape index (κ3) is 4.06. The Hall–Kier alpha value is -1.80. The van der Waals surface area contributed by atoms with Crippen LogP contribution in [0.5, 0.6) is 0 Å². The molecule has 2 saturated carbocycles. The van der Waals surface area contributed by atoms with E-state index in [9.17, 15) is 9.59 Å². The Labute approximate surface area is 167 Å². The van der Waals surface area contributed by atoms with Crippen molar-refractivity contribution in [1.29, 1.82) is 0 Å². The van der Waals surface area contributed by atoms with E-state index < -0.39 is 6.04 Å². The molecule has 6 nitrogen and oxygen atoms in total. The summed E-state index contributed by atoms with van der Waals surface area (Å²) in [6.07, 6.45) is 7.46. The van der Waals surface area contributed by atoms with Gasteiger partial charge >= 0.3 is 0 Å². The molecule has 2 aromatic rings. The fraction of sp³-hybridized carbons (Fsp3) is 0.579. The molecule has 0 unspecified atom stereocenters. The van der Waals surface area contributed by atoms with Gasteiger partial charge in [0.2, 0.25) is 5.91 Å². The molecule has 1 atom stereocenters. The molecule has 2 amide bonds. The summed E-state index contributed by atoms with van der Waals surface area (Å²) in [5.74, 6) is -0.251. The van der Waals surface area contributed by atoms with Crippen LogP contribution in [0.15, 0.2) is 16.8 Å². The monoisotopic (exact) mass is 404 g/mol. The van der Waals surface area contributed by atoms with Crippen LogP contribution < -0.4 is 5.32 Å². The molecule has 144 valence electrons. The van der Waals surface area contributed by atoms with Crippen molar-refractivity contribution in [3.8, 4) is 0 Å². The van der Waals surface area contributed by atoms with E-state index in [1.807, 2.05) is 18.4 Å². The Morgan fingerprint density at radius 1 is 1.22 bits per heavy atom. The Kier molecular flexibility index (Phi) is 5.54. The van der Waals surface area contributed by atoms with Gasteiger partial charge in [-0.3, -0.25) is 9.59 Å². The van der Waals surface area contributed by atoms with Gasteiger partial charge in [0.25, 0.3) is 5.91 Å². The van der Waals surface area contributed by atoms with Crippen molar-refractivity contribution >= 4 is 34.7 Å². The molecule has 2 aliphatic carbocycles. The first-order valence-electron chi connectivity index (χ1n) is 9.59. The number of rotatable bonds is 6. The fourth-order valence-corrected chi connectivity index (χ4v) is 5.25. The standard InChI is InChI=1S/C19H24N4O2S2/c1-12-9-10-26-17(12)16(18(24)20-13-5-3-2-4-6-13)23(14-7-8-14)19(25)15-11-27-22-21-15/h9-11,13-14,16H,2-8H2,1H3,(H,20,24)/t16-/m0/s1. The second kappa shape index (κ2) is 8.06. The van der Waals surface area contributed by atoms with E-state index in [4.69, 9.17) is 0 Å². The van der Waals surface area contributed by atoms with Gasteiger partial charge in [0.1, 0.15) is 6.04 Å². The van der Waals surface area contributed by atoms with Gasteiger partial charge in [-0.15, -0.1) is 16.4 Å². The zero-order valence-electron chi connectivity index (χ0n) is 15.4. The first-order valence-corrected chi connectivity index (χ1v) is 11.3. The van der Waals surface area contributed by atoms with Crippen LogP contribution in [0, 0.1) is 6.92 Å². The number of amides is 2. The maximum absolute atomic E-state index is 13.4. The minimum Gasteiger partial charge on any atom is -0.351 e. The van der Waals surface area contributed by atoms with Crippen molar-refractivity contribution in [3.05, 3.63) is 33.0 Å². The van der Waals surface area contributed by atoms with Crippen molar-refractivity contribution in [2.24, 2.45) is 0 Å². The van der Waals surface area contributed by atoms with Crippen molar-refractivity contribution < 1.29 is 9.59 Å². The number of nitrogens with zero attached hydrogens (tertiary/aromatic N) is 3. The van der Waals surface area contributed by atoms with Gasteiger partial charge < -0.3 is 10.2 Å². The summed E-state index contributed by atoms with van der Waals surface area (Å²) in [5.41, 5.74) is 1.38. The summed E-state index contributed by atoms with van der Waals surface area (Å²) in [6.45, 7) is 2.01. The highest BCUT2D eigenvalue weighted by atomic mass is 32.1. The zero-order valence-corrected chi connectivity index (χ0v) is 17.0. The van der Waals surface area contributed by atoms with Crippen molar-refractivity contribution in [2.75, 3.05) is 0 Å². The lowest BCUT2D eigenvalue weighted by molar-refractivity contribution is -0.127. The van der Waals surface area contributed by atoms with Crippen LogP contribution in [0.4, 0.5) is 0 Å². The molecule has 2 aromatic heterocycles. The molecule has 2 aliphatic rings. The van der Waals surface area contributed by atoms with E-state index in [1.54, 1.807) is 21.6 Å². The lowest BCUT2D eigenvalue weighted by Crippen LogP contribution is -2.48. The number of thiophene rings is 1. The van der Waals surface area contributed by atoms with Crippen molar-refractivity contribution in [2.45, 2.75) is 70.0 Å². The second-order valence-corrected chi connectivity index (χ2v) is 9.01. The number of aromatic nitrogens is 2. The normalized spacial score (nSPS) is 18.9. The Balaban J connectivity index is 1.64. The average Bonchev–Trinajstić information content (AvgIpc) is 3.17. The minimum absolute atomic E-state index is 0.0594. The van der Waals surface area contributed by atoms with Crippen LogP contribution in [0.1, 0.15) is 71.9 Å². The molecule has 0 radical (unpaired) electrons. The highest BCUT2D eigenvalue weighted by Gasteiger charge is 2.43. The van der Waals surface area contributed by atoms with Crippen LogP contribution in [-0.2, 0) is 4.79 Å². The summed E-state index contributed by atoms with van der Waals surface area (Å²) >= 11 is 2.71. The smallest absolute Gasteiger partial charge is 0.276 e. The zero-order chi connectivity index (χ0) is 18.8. The molecule has 8 heteroatoms. The molecule has 1 N–H and O–H groups in total. The minimum atomic E-state index is -0.589. The van der Waals surface area contributed by atoms with Gasteiger partial charge in [-0.2, -0.15) is 0 Å². The maximum Gasteiger partial charge on any atom is 0.276 e. The summed E-state index contributed by atoms with van der Waals surface area (Å²) in [5, 5.41) is 10.8. The third-order valence-electron chi connectivity index (χ3n) is 5.38. The second-order valence-electron chi connectivity index (χ2n) is 7.45. The topological polar surface area (TPSA) is 75.2 Å². The molecule has 2 fully saturated rings. The number of hydrogen-bond acceptors (Lipinski definition) is 6. The predicted octanol–water partition coefficient (Wildman–Crippen LogP) is 3.70. The number of carbonyl (C=O) groups excluding carboxylic acids is 2. The molecule has 0 aromatic carbocycles. The molecule has 2 heterocycles. The molecular weight excluding hydrogens is 380 g/mol. The Bertz CT molecular complexity index is 795. The van der Waals surface area contributed by atoms with Crippen LogP contribution >= 0.6 is 22.9 Å². The van der Waals surface area contributed by atoms with E-state index in [0.717, 1.165) is 60.5 Å². The Morgan fingerprint density at radius 2 is 2.00 bits per heavy atom. The van der Waals surface area contributed by atoms with Crippen molar-refractivity contribution in [1.82, 2.24) is 19.8 Å². The number of aryl methyl sites for hydroxylation is 1. The van der Waals surface area contributed by atoms with Gasteiger partial charge in [0.05, 0.1) is 0 Å². The maximum atomic E-state index is 13.4. The van der Waals surface area contributed by atoms with E-state index in [-0.39, 0.29) is 23.9 Å². The summed E-state index contributed by atoms with van der Waals surface area (Å²) in [4.78, 5) is 29.3. The third-order valence-corrected chi connectivity index (χ3v) is 6.96. The van der Waals surface area contributed by atoms with Crippen LogP contribution in [0.3, 0.4) is 0 Å². The first-order chi connectivity index (χ1) is 13.1. The summed E-state index contributed by atoms with van der Waals surface area (Å²) in [6, 6.07) is 1.74. The van der Waals surface area contributed by atoms with Gasteiger partial charge in [-0.25, -0.2) is 0 Å². The number of carbonyl (C=O) groups is 2. The number of hydrogen-bond donors (Lipinski definition) is 1. The lowest BCUT2D eigenvalue weighted by Gasteiger charge is -2.32. The average molecular weight is 405 g/mol. The molecule has 0 bridgehead atoms. The molecule has 0 saturated heterocycles. The predicted molar refractivity (Wildman–Crippen MR) is 106 cm³/mol. The van der Waals surface area contributed by atoms with Crippen molar-refractivity contribution in [3.63, 3.8) is 0 Å². The lowest BCUT2D eigenvalue weighted by atomic mass is 9.95. The highest BCUT2D eigenvalue weighted by Crippen LogP contribution is 2.39. The molecular formula is C19H24N4O2S2. The highest BCUT2D eigenvalue weighted by molar-refractivity contribution is 7.10. The van der Waals surface area contributed by atoms with Gasteiger partial charge in [-0.1, -0.05) is 23.8 Å². The summed E-state index contributed by atoms with van der Waals surface area (Å²) < 4.78 is 3.83. The quantitative estimate of drug-likeness (QED) is 0.796. The SMILES string of the molecule is Cc1ccsc1[C@@H](C(=O)NC1CCCCC1)N(C(=O)c1csnn1)C1CC1. The van der Waals surface area contributed by atoms with Gasteiger partial charge in [-0.05, 0) is 61.1 Å². The fourth-order valence-electron chi connectivity index (χ4n) is 3.80. The van der Waals surface area contributed by atoms with Crippen LogP contribution in [0.2, 0.25) is 0 Å². The molecule has 27 heavy (non-hydrogen) atoms. The van der Waals surface area contributed by atoms with E-state index in [2.05, 4.69) is 14.9 Å². The summed E-state index contributed by atoms with van der Waals surface area (Å²) in [7, 11) is 0. The first kappa shape index (κ1) is 18.6. The molecule has 4 rings (SSSR count). The van der Waals surface area contributed by atoms with Crippen LogP contribution in [-0.4, -0.2) is 38.4 Å². The van der Waals surface area contributed by atoms with Gasteiger partial charge in [0.15, 0.2) is 5.69 Å². The molecule has 0 spiro atoms. The van der Waals surface area contributed by atoms with E-state index in [0.29, 0.717) is 5.69 Å². The van der Waals surface area contributed by atoms with Crippen LogP contribution in [0.25, 0.3) is 0 Å². The largest absolute Gasteiger partial charge is 0.351 e. The van der Waals surface area contributed by atoms with E-state index in [1.165, 1.54) is 6.42 Å². The van der Waals surface area contributed by atoms with E-state index >= 15 is 0 Å². The number of nitrogens with one attached hydrogen (secondary N) is 1. The molecule has 0 aliphatic heterocycles.